The average molecular weight is 553 g/mol. The van der Waals surface area contributed by atoms with Crippen LogP contribution in [0.5, 0.6) is 11.5 Å². The number of halogens is 3. The van der Waals surface area contributed by atoms with Gasteiger partial charge in [0.05, 0.1) is 12.7 Å². The molecule has 9 nitrogen and oxygen atoms in total. The van der Waals surface area contributed by atoms with Gasteiger partial charge in [-0.25, -0.2) is 0 Å². The summed E-state index contributed by atoms with van der Waals surface area (Å²) in [6, 6.07) is 9.73. The number of anilines is 1. The lowest BCUT2D eigenvalue weighted by Crippen LogP contribution is -2.56. The summed E-state index contributed by atoms with van der Waals surface area (Å²) in [5.74, 6) is -1.40. The molecule has 39 heavy (non-hydrogen) atoms. The first-order valence-electron chi connectivity index (χ1n) is 12.7. The van der Waals surface area contributed by atoms with Crippen molar-refractivity contribution in [3.63, 3.8) is 0 Å². The molecule has 0 bridgehead atoms. The molecule has 2 rings (SSSR count). The van der Waals surface area contributed by atoms with Crippen LogP contribution in [0, 0.1) is 5.41 Å². The second-order valence-electron chi connectivity index (χ2n) is 9.50. The summed E-state index contributed by atoms with van der Waals surface area (Å²) in [7, 11) is 3.48. The first-order chi connectivity index (χ1) is 18.3. The van der Waals surface area contributed by atoms with E-state index in [4.69, 9.17) is 15.9 Å². The van der Waals surface area contributed by atoms with Crippen molar-refractivity contribution in [3.05, 3.63) is 53.1 Å². The molecule has 0 heterocycles. The fraction of sp³-hybridized carbons (Fsp3) is 0.481. The van der Waals surface area contributed by atoms with Crippen LogP contribution >= 0.6 is 0 Å². The summed E-state index contributed by atoms with van der Waals surface area (Å²) in [5, 5.41) is 24.7. The number of ether oxygens (including phenoxy) is 1. The number of nitrogens with two attached hydrogens (primary N) is 1. The van der Waals surface area contributed by atoms with Crippen molar-refractivity contribution in [2.24, 2.45) is 5.73 Å². The van der Waals surface area contributed by atoms with E-state index < -0.39 is 24.8 Å². The Kier molecular flexibility index (Phi) is 11.6. The van der Waals surface area contributed by atoms with Gasteiger partial charge in [0.1, 0.15) is 23.9 Å². The molecule has 2 aromatic rings. The van der Waals surface area contributed by atoms with Crippen LogP contribution in [0.4, 0.5) is 18.9 Å². The smallest absolute Gasteiger partial charge is 0.405 e. The minimum atomic E-state index is -4.63. The molecule has 216 valence electrons. The van der Waals surface area contributed by atoms with E-state index in [1.165, 1.54) is 13.2 Å². The molecule has 1 amide bonds. The molecule has 0 saturated carbocycles. The minimum absolute atomic E-state index is 0.0341. The van der Waals surface area contributed by atoms with E-state index in [1.807, 2.05) is 20.9 Å². The van der Waals surface area contributed by atoms with Crippen LogP contribution in [0.3, 0.4) is 0 Å². The Bertz CT molecular complexity index is 1110. The number of alkyl halides is 3. The van der Waals surface area contributed by atoms with Crippen LogP contribution in [-0.2, 0) is 11.3 Å². The second kappa shape index (κ2) is 14.2. The van der Waals surface area contributed by atoms with Crippen LogP contribution in [0.15, 0.2) is 36.4 Å². The van der Waals surface area contributed by atoms with E-state index in [0.717, 1.165) is 30.1 Å². The lowest BCUT2D eigenvalue weighted by Gasteiger charge is -2.31. The molecule has 1 unspecified atom stereocenters. The summed E-state index contributed by atoms with van der Waals surface area (Å²) >= 11 is 0. The molecule has 0 radical (unpaired) electrons. The molecule has 0 aromatic heterocycles. The summed E-state index contributed by atoms with van der Waals surface area (Å²) in [4.78, 5) is 15.9. The largest absolute Gasteiger partial charge is 0.507 e. The molecule has 0 spiro atoms. The quantitative estimate of drug-likeness (QED) is 0.112. The summed E-state index contributed by atoms with van der Waals surface area (Å²) in [5.41, 5.74) is 8.09. The average Bonchev–Trinajstić information content (AvgIpc) is 2.89. The van der Waals surface area contributed by atoms with Gasteiger partial charge in [-0.05, 0) is 48.8 Å². The number of carbonyl (C=O) groups excluding carboxylic acids is 1. The first-order valence-corrected chi connectivity index (χ1v) is 12.7. The normalized spacial score (nSPS) is 12.5. The fourth-order valence-electron chi connectivity index (χ4n) is 3.81. The number of nitrogens with one attached hydrogen (secondary N) is 3. The highest BCUT2D eigenvalue weighted by molar-refractivity contribution is 6.12. The number of rotatable bonds is 13. The maximum absolute atomic E-state index is 12.7. The number of likely N-dealkylation sites (N-methyl/N-ethyl adjacent to an activating group) is 1. The number of amidine groups is 1. The van der Waals surface area contributed by atoms with Crippen LogP contribution in [0.25, 0.3) is 0 Å². The highest BCUT2D eigenvalue weighted by Crippen LogP contribution is 2.34. The van der Waals surface area contributed by atoms with Gasteiger partial charge in [0, 0.05) is 31.4 Å². The Hall–Kier alpha value is -3.35. The Labute approximate surface area is 227 Å². The van der Waals surface area contributed by atoms with Crippen LogP contribution in [0.2, 0.25) is 0 Å². The van der Waals surface area contributed by atoms with Crippen molar-refractivity contribution >= 4 is 17.4 Å². The monoisotopic (exact) mass is 552 g/mol. The van der Waals surface area contributed by atoms with E-state index in [9.17, 15) is 23.1 Å². The van der Waals surface area contributed by atoms with Crippen molar-refractivity contribution in [1.29, 1.82) is 5.41 Å². The molecule has 0 aliphatic carbocycles. The number of phenolic OH excluding ortho intramolecular Hbond substituents is 1. The Balaban J connectivity index is 2.40. The van der Waals surface area contributed by atoms with Crippen LogP contribution < -0.4 is 26.0 Å². The van der Waals surface area contributed by atoms with E-state index in [0.29, 0.717) is 23.5 Å². The molecular weight excluding hydrogens is 513 g/mol. The molecule has 0 saturated heterocycles. The van der Waals surface area contributed by atoms with Gasteiger partial charge in [-0.1, -0.05) is 32.9 Å². The predicted molar refractivity (Wildman–Crippen MR) is 146 cm³/mol. The molecule has 2 aromatic carbocycles. The van der Waals surface area contributed by atoms with Crippen molar-refractivity contribution < 1.29 is 27.8 Å². The van der Waals surface area contributed by atoms with Gasteiger partial charge in [0.15, 0.2) is 6.17 Å². The van der Waals surface area contributed by atoms with Gasteiger partial charge in [-0.3, -0.25) is 10.2 Å². The molecule has 6 N–H and O–H groups in total. The zero-order valence-electron chi connectivity index (χ0n) is 23.0. The number of methoxy groups -OCH3 is 1. The predicted octanol–water partition coefficient (Wildman–Crippen LogP) is 3.36. The molecule has 0 aliphatic heterocycles. The van der Waals surface area contributed by atoms with Crippen molar-refractivity contribution in [2.45, 2.75) is 45.6 Å². The fourth-order valence-corrected chi connectivity index (χ4v) is 3.81. The van der Waals surface area contributed by atoms with Gasteiger partial charge in [0.25, 0.3) is 5.91 Å². The molecule has 12 heteroatoms. The number of hydrogen-bond acceptors (Lipinski definition) is 7. The standard InChI is InChI=1S/C27H39F3N6O3/c1-6-35(4)12-11-33-15-18-7-9-19(10-8-18)36(25(32)26(38)34-16-27(28,29)30)24(31)21-13-20(17(2)3)23(39-5)14-22(21)37/h7-10,13-14,17,25,31,33,37H,6,11-12,15-16,32H2,1-5H3,(H,34,38). The van der Waals surface area contributed by atoms with Crippen molar-refractivity contribution in [2.75, 3.05) is 45.2 Å². The highest BCUT2D eigenvalue weighted by atomic mass is 19.4. The Morgan fingerprint density at radius 1 is 1.21 bits per heavy atom. The van der Waals surface area contributed by atoms with Gasteiger partial charge in [0.2, 0.25) is 0 Å². The highest BCUT2D eigenvalue weighted by Gasteiger charge is 2.33. The van der Waals surface area contributed by atoms with Crippen LogP contribution in [0.1, 0.15) is 43.4 Å². The number of hydrogen-bond donors (Lipinski definition) is 5. The number of aromatic hydroxyl groups is 1. The minimum Gasteiger partial charge on any atom is -0.507 e. The number of carbonyl (C=O) groups is 1. The molecule has 1 atom stereocenters. The first kappa shape index (κ1) is 31.9. The third-order valence-corrected chi connectivity index (χ3v) is 6.23. The topological polar surface area (TPSA) is 127 Å². The Morgan fingerprint density at radius 2 is 1.85 bits per heavy atom. The van der Waals surface area contributed by atoms with Crippen LogP contribution in [-0.4, -0.2) is 74.4 Å². The summed E-state index contributed by atoms with van der Waals surface area (Å²) in [6.45, 7) is 7.50. The maximum Gasteiger partial charge on any atom is 0.405 e. The summed E-state index contributed by atoms with van der Waals surface area (Å²) < 4.78 is 43.6. The third kappa shape index (κ3) is 9.12. The van der Waals surface area contributed by atoms with E-state index in [2.05, 4.69) is 17.1 Å². The molecular formula is C27H39F3N6O3. The third-order valence-electron chi connectivity index (χ3n) is 6.23. The number of benzene rings is 2. The van der Waals surface area contributed by atoms with Gasteiger partial charge in [-0.15, -0.1) is 0 Å². The molecule has 0 fully saturated rings. The van der Waals surface area contributed by atoms with Gasteiger partial charge >= 0.3 is 6.18 Å². The van der Waals surface area contributed by atoms with E-state index in [1.54, 1.807) is 35.6 Å². The van der Waals surface area contributed by atoms with Crippen molar-refractivity contribution in [1.82, 2.24) is 15.5 Å². The zero-order chi connectivity index (χ0) is 29.3. The van der Waals surface area contributed by atoms with Gasteiger partial charge < -0.3 is 36.0 Å². The lowest BCUT2D eigenvalue weighted by molar-refractivity contribution is -0.139. The number of phenols is 1. The second-order valence-corrected chi connectivity index (χ2v) is 9.50. The summed E-state index contributed by atoms with van der Waals surface area (Å²) in [6.07, 6.45) is -6.31. The van der Waals surface area contributed by atoms with E-state index in [-0.39, 0.29) is 23.1 Å². The Morgan fingerprint density at radius 3 is 2.38 bits per heavy atom. The lowest BCUT2D eigenvalue weighted by atomic mass is 9.97. The maximum atomic E-state index is 12.7. The van der Waals surface area contributed by atoms with E-state index >= 15 is 0 Å². The van der Waals surface area contributed by atoms with Crippen molar-refractivity contribution in [3.8, 4) is 11.5 Å². The number of amides is 1. The molecule has 0 aliphatic rings. The van der Waals surface area contributed by atoms with Gasteiger partial charge in [-0.2, -0.15) is 13.2 Å². The zero-order valence-corrected chi connectivity index (χ0v) is 23.0. The SMILES string of the molecule is CCN(C)CCNCc1ccc(N(C(=N)c2cc(C(C)C)c(OC)cc2O)C(N)C(=O)NCC(F)(F)F)cc1. The number of nitrogens with zero attached hydrogens (tertiary/aromatic N) is 2.